The summed E-state index contributed by atoms with van der Waals surface area (Å²) in [7, 11) is 0. The number of amides is 1. The van der Waals surface area contributed by atoms with E-state index in [2.05, 4.69) is 6.92 Å². The number of furan rings is 1. The molecule has 102 valence electrons. The smallest absolute Gasteiger partial charge is 0.257 e. The molecule has 4 nitrogen and oxygen atoms in total. The van der Waals surface area contributed by atoms with Gasteiger partial charge in [0, 0.05) is 19.1 Å². The Morgan fingerprint density at radius 3 is 2.89 bits per heavy atom. The van der Waals surface area contributed by atoms with Crippen molar-refractivity contribution in [2.45, 2.75) is 32.7 Å². The van der Waals surface area contributed by atoms with Crippen LogP contribution in [0.1, 0.15) is 35.9 Å². The third kappa shape index (κ3) is 2.87. The minimum absolute atomic E-state index is 0. The Kier molecular flexibility index (Phi) is 5.23. The fourth-order valence-electron chi connectivity index (χ4n) is 2.50. The van der Waals surface area contributed by atoms with Gasteiger partial charge in [-0.2, -0.15) is 0 Å². The van der Waals surface area contributed by atoms with Gasteiger partial charge in [-0.3, -0.25) is 4.79 Å². The molecule has 18 heavy (non-hydrogen) atoms. The second-order valence-electron chi connectivity index (χ2n) is 4.91. The lowest BCUT2D eigenvalue weighted by Crippen LogP contribution is -2.49. The molecule has 0 aliphatic carbocycles. The summed E-state index contributed by atoms with van der Waals surface area (Å²) in [5.41, 5.74) is 6.43. The van der Waals surface area contributed by atoms with Gasteiger partial charge in [-0.05, 0) is 31.7 Å². The van der Waals surface area contributed by atoms with Gasteiger partial charge in [-0.1, -0.05) is 6.92 Å². The molecule has 0 bridgehead atoms. The van der Waals surface area contributed by atoms with Crippen molar-refractivity contribution in [3.05, 3.63) is 23.7 Å². The third-order valence-corrected chi connectivity index (χ3v) is 3.60. The van der Waals surface area contributed by atoms with Gasteiger partial charge in [0.05, 0.1) is 11.8 Å². The molecule has 1 saturated heterocycles. The maximum absolute atomic E-state index is 12.4. The van der Waals surface area contributed by atoms with Crippen LogP contribution in [0.5, 0.6) is 0 Å². The summed E-state index contributed by atoms with van der Waals surface area (Å²) in [6, 6.07) is 1.91. The molecule has 2 atom stereocenters. The van der Waals surface area contributed by atoms with Gasteiger partial charge >= 0.3 is 0 Å². The number of nitrogens with two attached hydrogens (primary N) is 1. The van der Waals surface area contributed by atoms with E-state index >= 15 is 0 Å². The van der Waals surface area contributed by atoms with Crippen molar-refractivity contribution < 1.29 is 9.21 Å². The number of aryl methyl sites for hydroxylation is 1. The van der Waals surface area contributed by atoms with Crippen molar-refractivity contribution >= 4 is 18.3 Å². The minimum Gasteiger partial charge on any atom is -0.469 e. The summed E-state index contributed by atoms with van der Waals surface area (Å²) in [5.74, 6) is 1.39. The van der Waals surface area contributed by atoms with E-state index in [9.17, 15) is 4.79 Å². The van der Waals surface area contributed by atoms with Gasteiger partial charge in [0.25, 0.3) is 5.91 Å². The summed E-state index contributed by atoms with van der Waals surface area (Å²) in [6.07, 6.45) is 3.62. The fraction of sp³-hybridized carbons (Fsp3) is 0.615. The normalized spacial score (nSPS) is 23.6. The topological polar surface area (TPSA) is 59.5 Å². The lowest BCUT2D eigenvalue weighted by molar-refractivity contribution is 0.0572. The first-order valence-electron chi connectivity index (χ1n) is 6.18. The number of nitrogens with zero attached hydrogens (tertiary/aromatic N) is 1. The van der Waals surface area contributed by atoms with Gasteiger partial charge in [-0.15, -0.1) is 12.4 Å². The maximum Gasteiger partial charge on any atom is 0.257 e. The van der Waals surface area contributed by atoms with E-state index in [4.69, 9.17) is 10.2 Å². The molecule has 2 rings (SSSR count). The average Bonchev–Trinajstić information content (AvgIpc) is 2.74. The van der Waals surface area contributed by atoms with E-state index < -0.39 is 0 Å². The largest absolute Gasteiger partial charge is 0.469 e. The highest BCUT2D eigenvalue weighted by atomic mass is 35.5. The Labute approximate surface area is 114 Å². The molecule has 1 aliphatic heterocycles. The minimum atomic E-state index is 0. The van der Waals surface area contributed by atoms with Crippen molar-refractivity contribution in [3.63, 3.8) is 0 Å². The summed E-state index contributed by atoms with van der Waals surface area (Å²) in [5, 5.41) is 0. The zero-order chi connectivity index (χ0) is 12.4. The lowest BCUT2D eigenvalue weighted by Gasteiger charge is -2.37. The number of rotatable bonds is 2. The van der Waals surface area contributed by atoms with E-state index in [-0.39, 0.29) is 24.4 Å². The molecule has 0 aromatic carbocycles. The van der Waals surface area contributed by atoms with E-state index in [1.54, 1.807) is 12.3 Å². The van der Waals surface area contributed by atoms with Crippen LogP contribution in [0.3, 0.4) is 0 Å². The highest BCUT2D eigenvalue weighted by molar-refractivity contribution is 5.95. The first-order chi connectivity index (χ1) is 8.13. The highest BCUT2D eigenvalue weighted by Gasteiger charge is 2.30. The standard InChI is InChI=1S/C13H20N2O2.ClH/c1-9-3-5-15(11(7-9)8-14)13(16)12-4-6-17-10(12)2;/h4,6,9,11H,3,5,7-8,14H2,1-2H3;1H. The molecule has 0 radical (unpaired) electrons. The molecule has 1 amide bonds. The van der Waals surface area contributed by atoms with Crippen LogP contribution in [0.15, 0.2) is 16.7 Å². The molecule has 1 aromatic heterocycles. The van der Waals surface area contributed by atoms with Gasteiger partial charge < -0.3 is 15.1 Å². The first-order valence-corrected chi connectivity index (χ1v) is 6.18. The number of likely N-dealkylation sites (tertiary alicyclic amines) is 1. The average molecular weight is 273 g/mol. The molecule has 2 unspecified atom stereocenters. The molecular formula is C13H21ClN2O2. The summed E-state index contributed by atoms with van der Waals surface area (Å²) in [6.45, 7) is 5.37. The van der Waals surface area contributed by atoms with Crippen molar-refractivity contribution in [2.24, 2.45) is 11.7 Å². The van der Waals surface area contributed by atoms with E-state index in [1.807, 2.05) is 11.8 Å². The Bertz CT molecular complexity index is 405. The lowest BCUT2D eigenvalue weighted by atomic mass is 9.92. The second kappa shape index (κ2) is 6.25. The zero-order valence-electron chi connectivity index (χ0n) is 10.9. The van der Waals surface area contributed by atoms with Crippen molar-refractivity contribution in [1.29, 1.82) is 0 Å². The number of carbonyl (C=O) groups excluding carboxylic acids is 1. The van der Waals surface area contributed by atoms with Crippen LogP contribution in [0.25, 0.3) is 0 Å². The Morgan fingerprint density at radius 1 is 1.61 bits per heavy atom. The molecule has 0 saturated carbocycles. The molecule has 1 aromatic rings. The van der Waals surface area contributed by atoms with Crippen molar-refractivity contribution in [2.75, 3.05) is 13.1 Å². The van der Waals surface area contributed by atoms with Crippen LogP contribution in [0, 0.1) is 12.8 Å². The van der Waals surface area contributed by atoms with Gasteiger partial charge in [0.1, 0.15) is 5.76 Å². The molecule has 2 N–H and O–H groups in total. The second-order valence-corrected chi connectivity index (χ2v) is 4.91. The van der Waals surface area contributed by atoms with E-state index in [0.29, 0.717) is 23.8 Å². The number of piperidine rings is 1. The molecular weight excluding hydrogens is 252 g/mol. The monoisotopic (exact) mass is 272 g/mol. The van der Waals surface area contributed by atoms with Crippen LogP contribution in [0.2, 0.25) is 0 Å². The Morgan fingerprint density at radius 2 is 2.33 bits per heavy atom. The highest BCUT2D eigenvalue weighted by Crippen LogP contribution is 2.24. The number of carbonyl (C=O) groups is 1. The molecule has 0 spiro atoms. The van der Waals surface area contributed by atoms with Gasteiger partial charge in [0.15, 0.2) is 0 Å². The van der Waals surface area contributed by atoms with Crippen LogP contribution >= 0.6 is 12.4 Å². The SMILES string of the molecule is Cc1occc1C(=O)N1CCC(C)CC1CN.Cl. The first kappa shape index (κ1) is 15.1. The predicted octanol–water partition coefficient (Wildman–Crippen LogP) is 2.21. The van der Waals surface area contributed by atoms with Crippen molar-refractivity contribution in [1.82, 2.24) is 4.90 Å². The van der Waals surface area contributed by atoms with Gasteiger partial charge in [0.2, 0.25) is 0 Å². The number of hydrogen-bond donors (Lipinski definition) is 1. The fourth-order valence-corrected chi connectivity index (χ4v) is 2.50. The zero-order valence-corrected chi connectivity index (χ0v) is 11.7. The van der Waals surface area contributed by atoms with Gasteiger partial charge in [-0.25, -0.2) is 0 Å². The van der Waals surface area contributed by atoms with Crippen molar-refractivity contribution in [3.8, 4) is 0 Å². The molecule has 2 heterocycles. The number of halogens is 1. The maximum atomic E-state index is 12.4. The Balaban J connectivity index is 0.00000162. The summed E-state index contributed by atoms with van der Waals surface area (Å²) < 4.78 is 5.19. The number of hydrogen-bond acceptors (Lipinski definition) is 3. The van der Waals surface area contributed by atoms with E-state index in [0.717, 1.165) is 19.4 Å². The van der Waals surface area contributed by atoms with Crippen LogP contribution in [-0.2, 0) is 0 Å². The van der Waals surface area contributed by atoms with Crippen LogP contribution in [0.4, 0.5) is 0 Å². The third-order valence-electron chi connectivity index (χ3n) is 3.60. The quantitative estimate of drug-likeness (QED) is 0.898. The summed E-state index contributed by atoms with van der Waals surface area (Å²) >= 11 is 0. The van der Waals surface area contributed by atoms with E-state index in [1.165, 1.54) is 0 Å². The van der Waals surface area contributed by atoms with Crippen LogP contribution < -0.4 is 5.73 Å². The summed E-state index contributed by atoms with van der Waals surface area (Å²) in [4.78, 5) is 14.3. The molecule has 1 aliphatic rings. The Hall–Kier alpha value is -1.00. The molecule has 5 heteroatoms. The predicted molar refractivity (Wildman–Crippen MR) is 73.0 cm³/mol. The van der Waals surface area contributed by atoms with Crippen LogP contribution in [-0.4, -0.2) is 29.9 Å². The molecule has 1 fully saturated rings.